The van der Waals surface area contributed by atoms with Crippen LogP contribution in [-0.2, 0) is 4.79 Å². The molecule has 1 aromatic rings. The molecule has 0 bridgehead atoms. The lowest BCUT2D eigenvalue weighted by Gasteiger charge is -2.20. The summed E-state index contributed by atoms with van der Waals surface area (Å²) >= 11 is 0. The van der Waals surface area contributed by atoms with Crippen LogP contribution < -0.4 is 5.32 Å². The maximum atomic E-state index is 12.0. The highest BCUT2D eigenvalue weighted by Gasteiger charge is 2.12. The van der Waals surface area contributed by atoms with E-state index < -0.39 is 4.92 Å². The van der Waals surface area contributed by atoms with E-state index in [9.17, 15) is 14.9 Å². The van der Waals surface area contributed by atoms with Gasteiger partial charge in [-0.25, -0.2) is 0 Å². The number of nitro groups is 1. The summed E-state index contributed by atoms with van der Waals surface area (Å²) in [5.41, 5.74) is 0.828. The van der Waals surface area contributed by atoms with Gasteiger partial charge in [0.25, 0.3) is 5.69 Å². The van der Waals surface area contributed by atoms with E-state index in [4.69, 9.17) is 0 Å². The van der Waals surface area contributed by atoms with Gasteiger partial charge in [-0.1, -0.05) is 32.1 Å². The minimum atomic E-state index is -0.436. The minimum absolute atomic E-state index is 0.0520. The van der Waals surface area contributed by atoms with Crippen molar-refractivity contribution in [3.05, 3.63) is 46.0 Å². The first-order valence-electron chi connectivity index (χ1n) is 7.88. The largest absolute Gasteiger partial charge is 0.350 e. The number of carbonyl (C=O) groups excluding carboxylic acids is 1. The van der Waals surface area contributed by atoms with Crippen molar-refractivity contribution in [3.63, 3.8) is 0 Å². The van der Waals surface area contributed by atoms with Gasteiger partial charge in [-0.3, -0.25) is 14.9 Å². The van der Waals surface area contributed by atoms with E-state index in [1.54, 1.807) is 18.2 Å². The van der Waals surface area contributed by atoms with Crippen molar-refractivity contribution in [1.82, 2.24) is 5.32 Å². The van der Waals surface area contributed by atoms with Crippen molar-refractivity contribution < 1.29 is 9.72 Å². The predicted molar refractivity (Wildman–Crippen MR) is 86.4 cm³/mol. The number of amides is 1. The van der Waals surface area contributed by atoms with E-state index in [2.05, 4.69) is 5.32 Å². The average molecular weight is 302 g/mol. The molecular weight excluding hydrogens is 280 g/mol. The Hall–Kier alpha value is -2.17. The Balaban J connectivity index is 1.85. The van der Waals surface area contributed by atoms with Gasteiger partial charge in [-0.2, -0.15) is 0 Å². The number of nitrogens with one attached hydrogen (secondary N) is 1. The average Bonchev–Trinajstić information content (AvgIpc) is 2.48. The number of carbonyl (C=O) groups is 1. The summed E-state index contributed by atoms with van der Waals surface area (Å²) in [6.07, 6.45) is 11.5. The zero-order chi connectivity index (χ0) is 15.8. The van der Waals surface area contributed by atoms with Gasteiger partial charge in [0.2, 0.25) is 5.91 Å². The maximum absolute atomic E-state index is 12.0. The normalized spacial score (nSPS) is 16.9. The second-order valence-corrected chi connectivity index (χ2v) is 5.73. The molecule has 2 rings (SSSR count). The van der Waals surface area contributed by atoms with E-state index in [1.165, 1.54) is 50.3 Å². The van der Waals surface area contributed by atoms with Crippen LogP contribution in [0.5, 0.6) is 0 Å². The molecule has 0 unspecified atom stereocenters. The standard InChI is InChI=1S/C17H22N2O3/c20-17(18-15-6-4-2-1-3-5-7-15)13-10-14-8-11-16(12-9-14)19(21)22/h8-13,15H,1-7H2,(H,18,20). The Kier molecular flexibility index (Phi) is 6.13. The van der Waals surface area contributed by atoms with E-state index in [0.29, 0.717) is 0 Å². The van der Waals surface area contributed by atoms with Gasteiger partial charge in [0.15, 0.2) is 0 Å². The maximum Gasteiger partial charge on any atom is 0.269 e. The molecule has 1 saturated carbocycles. The molecular formula is C17H22N2O3. The van der Waals surface area contributed by atoms with Gasteiger partial charge in [0.1, 0.15) is 0 Å². The van der Waals surface area contributed by atoms with Crippen LogP contribution in [0.15, 0.2) is 30.3 Å². The van der Waals surface area contributed by atoms with Crippen molar-refractivity contribution in [2.24, 2.45) is 0 Å². The lowest BCUT2D eigenvalue weighted by molar-refractivity contribution is -0.384. The zero-order valence-electron chi connectivity index (χ0n) is 12.7. The monoisotopic (exact) mass is 302 g/mol. The third-order valence-corrected chi connectivity index (χ3v) is 3.98. The first kappa shape index (κ1) is 16.2. The van der Waals surface area contributed by atoms with Crippen molar-refractivity contribution in [2.75, 3.05) is 0 Å². The Morgan fingerprint density at radius 3 is 2.27 bits per heavy atom. The smallest absolute Gasteiger partial charge is 0.269 e. The molecule has 118 valence electrons. The lowest BCUT2D eigenvalue weighted by atomic mass is 9.97. The van der Waals surface area contributed by atoms with Crippen LogP contribution >= 0.6 is 0 Å². The van der Waals surface area contributed by atoms with Crippen LogP contribution in [0.4, 0.5) is 5.69 Å². The van der Waals surface area contributed by atoms with Gasteiger partial charge in [-0.05, 0) is 36.6 Å². The number of non-ortho nitro benzene ring substituents is 1. The fraction of sp³-hybridized carbons (Fsp3) is 0.471. The third-order valence-electron chi connectivity index (χ3n) is 3.98. The zero-order valence-corrected chi connectivity index (χ0v) is 12.7. The van der Waals surface area contributed by atoms with E-state index in [-0.39, 0.29) is 17.6 Å². The fourth-order valence-corrected chi connectivity index (χ4v) is 2.73. The molecule has 22 heavy (non-hydrogen) atoms. The second-order valence-electron chi connectivity index (χ2n) is 5.73. The summed E-state index contributed by atoms with van der Waals surface area (Å²) in [5.74, 6) is -0.0936. The number of nitrogens with zero attached hydrogens (tertiary/aromatic N) is 1. The summed E-state index contributed by atoms with van der Waals surface area (Å²) < 4.78 is 0. The second kappa shape index (κ2) is 8.32. The van der Waals surface area contributed by atoms with Gasteiger partial charge < -0.3 is 5.32 Å². The van der Waals surface area contributed by atoms with Crippen molar-refractivity contribution in [1.29, 1.82) is 0 Å². The summed E-state index contributed by atoms with van der Waals surface area (Å²) in [7, 11) is 0. The van der Waals surface area contributed by atoms with E-state index in [0.717, 1.165) is 18.4 Å². The fourth-order valence-electron chi connectivity index (χ4n) is 2.73. The molecule has 0 saturated heterocycles. The summed E-state index contributed by atoms with van der Waals surface area (Å²) in [4.78, 5) is 22.1. The molecule has 1 fully saturated rings. The SMILES string of the molecule is O=C(C=Cc1ccc([N+](=O)[O-])cc1)NC1CCCCCCC1. The highest BCUT2D eigenvalue weighted by atomic mass is 16.6. The molecule has 5 nitrogen and oxygen atoms in total. The number of hydrogen-bond acceptors (Lipinski definition) is 3. The summed E-state index contributed by atoms with van der Waals surface area (Å²) in [6.45, 7) is 0. The minimum Gasteiger partial charge on any atom is -0.350 e. The van der Waals surface area contributed by atoms with Gasteiger partial charge >= 0.3 is 0 Å². The molecule has 1 aliphatic rings. The van der Waals surface area contributed by atoms with Crippen LogP contribution in [0.25, 0.3) is 6.08 Å². The van der Waals surface area contributed by atoms with Gasteiger partial charge in [0.05, 0.1) is 4.92 Å². The summed E-state index contributed by atoms with van der Waals surface area (Å²) in [6, 6.07) is 6.42. The molecule has 0 spiro atoms. The third kappa shape index (κ3) is 5.31. The van der Waals surface area contributed by atoms with Crippen LogP contribution in [0.3, 0.4) is 0 Å². The Bertz CT molecular complexity index is 529. The van der Waals surface area contributed by atoms with Gasteiger partial charge in [-0.15, -0.1) is 0 Å². The Morgan fingerprint density at radius 2 is 1.68 bits per heavy atom. The molecule has 0 heterocycles. The van der Waals surface area contributed by atoms with Crippen molar-refractivity contribution in [2.45, 2.75) is 51.0 Å². The van der Waals surface area contributed by atoms with Gasteiger partial charge in [0, 0.05) is 24.3 Å². The molecule has 0 aliphatic heterocycles. The van der Waals surface area contributed by atoms with Crippen molar-refractivity contribution >= 4 is 17.7 Å². The predicted octanol–water partition coefficient (Wildman–Crippen LogP) is 3.84. The van der Waals surface area contributed by atoms with E-state index >= 15 is 0 Å². The molecule has 1 aliphatic carbocycles. The Labute approximate surface area is 130 Å². The van der Waals surface area contributed by atoms with Crippen molar-refractivity contribution in [3.8, 4) is 0 Å². The molecule has 0 radical (unpaired) electrons. The first-order valence-corrected chi connectivity index (χ1v) is 7.88. The van der Waals surface area contributed by atoms with E-state index in [1.807, 2.05) is 0 Å². The molecule has 5 heteroatoms. The molecule has 1 aromatic carbocycles. The molecule has 0 atom stereocenters. The molecule has 1 amide bonds. The lowest BCUT2D eigenvalue weighted by Crippen LogP contribution is -2.34. The summed E-state index contributed by atoms with van der Waals surface area (Å²) in [5, 5.41) is 13.6. The molecule has 1 N–H and O–H groups in total. The molecule has 0 aromatic heterocycles. The quantitative estimate of drug-likeness (QED) is 0.522. The van der Waals surface area contributed by atoms with Crippen LogP contribution in [0, 0.1) is 10.1 Å². The van der Waals surface area contributed by atoms with Crippen LogP contribution in [0.2, 0.25) is 0 Å². The number of hydrogen-bond donors (Lipinski definition) is 1. The number of rotatable bonds is 4. The van der Waals surface area contributed by atoms with Crippen LogP contribution in [-0.4, -0.2) is 16.9 Å². The highest BCUT2D eigenvalue weighted by Crippen LogP contribution is 2.17. The highest BCUT2D eigenvalue weighted by molar-refractivity contribution is 5.91. The number of nitro benzene ring substituents is 1. The topological polar surface area (TPSA) is 72.2 Å². The van der Waals surface area contributed by atoms with Crippen LogP contribution in [0.1, 0.15) is 50.5 Å². The number of benzene rings is 1. The first-order chi connectivity index (χ1) is 10.6. The Morgan fingerprint density at radius 1 is 1.09 bits per heavy atom.